The molecule has 0 aliphatic heterocycles. The molecule has 5 aliphatic rings. The maximum atomic E-state index is 13.2. The van der Waals surface area contributed by atoms with Gasteiger partial charge in [-0.15, -0.1) is 0 Å². The molecule has 0 aromatic carbocycles. The van der Waals surface area contributed by atoms with Crippen molar-refractivity contribution in [1.82, 2.24) is 4.98 Å². The van der Waals surface area contributed by atoms with E-state index in [1.165, 1.54) is 51.4 Å². The maximum Gasteiger partial charge on any atom is 0.227 e. The molecule has 5 fully saturated rings. The summed E-state index contributed by atoms with van der Waals surface area (Å²) in [5.41, 5.74) is 2.10. The van der Waals surface area contributed by atoms with Crippen LogP contribution >= 0.6 is 0 Å². The van der Waals surface area contributed by atoms with E-state index in [2.05, 4.69) is 31.1 Å². The Balaban J connectivity index is 1.24. The molecule has 32 heavy (non-hydrogen) atoms. The predicted molar refractivity (Wildman–Crippen MR) is 126 cm³/mol. The molecule has 174 valence electrons. The number of ether oxygens (including phenoxy) is 1. The molecular formula is C28H40N2O2. The molecule has 1 amide bonds. The third kappa shape index (κ3) is 2.59. The highest BCUT2D eigenvalue weighted by atomic mass is 16.5. The van der Waals surface area contributed by atoms with E-state index < -0.39 is 0 Å². The van der Waals surface area contributed by atoms with Crippen molar-refractivity contribution in [2.45, 2.75) is 78.2 Å². The molecule has 5 aliphatic carbocycles. The van der Waals surface area contributed by atoms with Gasteiger partial charge in [0.15, 0.2) is 0 Å². The van der Waals surface area contributed by atoms with Crippen molar-refractivity contribution in [2.75, 3.05) is 12.4 Å². The van der Waals surface area contributed by atoms with Gasteiger partial charge in [-0.05, 0) is 104 Å². The zero-order chi connectivity index (χ0) is 22.3. The Morgan fingerprint density at radius 3 is 2.62 bits per heavy atom. The van der Waals surface area contributed by atoms with Crippen molar-refractivity contribution in [1.29, 1.82) is 0 Å². The lowest BCUT2D eigenvalue weighted by Crippen LogP contribution is -2.57. The van der Waals surface area contributed by atoms with Crippen LogP contribution in [0.2, 0.25) is 0 Å². The molecule has 1 heterocycles. The van der Waals surface area contributed by atoms with Gasteiger partial charge in [0, 0.05) is 36.5 Å². The average Bonchev–Trinajstić information content (AvgIpc) is 3.30. The van der Waals surface area contributed by atoms with Gasteiger partial charge in [0.25, 0.3) is 0 Å². The van der Waals surface area contributed by atoms with Crippen molar-refractivity contribution < 1.29 is 9.53 Å². The van der Waals surface area contributed by atoms with Gasteiger partial charge in [0.1, 0.15) is 0 Å². The molecule has 1 aromatic rings. The lowest BCUT2D eigenvalue weighted by Gasteiger charge is -2.61. The van der Waals surface area contributed by atoms with Gasteiger partial charge in [0.05, 0.1) is 6.10 Å². The Morgan fingerprint density at radius 1 is 1.12 bits per heavy atom. The summed E-state index contributed by atoms with van der Waals surface area (Å²) in [4.78, 5) is 17.3. The van der Waals surface area contributed by atoms with Crippen molar-refractivity contribution in [3.63, 3.8) is 0 Å². The number of hydrogen-bond donors (Lipinski definition) is 1. The average molecular weight is 437 g/mol. The Bertz CT molecular complexity index is 904. The van der Waals surface area contributed by atoms with Crippen LogP contribution in [0.3, 0.4) is 0 Å². The zero-order valence-corrected chi connectivity index (χ0v) is 20.3. The topological polar surface area (TPSA) is 51.2 Å². The second kappa shape index (κ2) is 7.04. The molecule has 0 saturated heterocycles. The minimum atomic E-state index is 0.0396. The molecule has 5 saturated carbocycles. The minimum absolute atomic E-state index is 0.0396. The maximum absolute atomic E-state index is 13.2. The highest BCUT2D eigenvalue weighted by Crippen LogP contribution is 2.82. The Labute approximate surface area is 193 Å². The molecule has 1 spiro atoms. The van der Waals surface area contributed by atoms with E-state index in [-0.39, 0.29) is 17.2 Å². The summed E-state index contributed by atoms with van der Waals surface area (Å²) in [7, 11) is 1.97. The molecule has 4 nitrogen and oxygen atoms in total. The molecule has 1 N–H and O–H groups in total. The van der Waals surface area contributed by atoms with Gasteiger partial charge in [-0.3, -0.25) is 9.78 Å². The van der Waals surface area contributed by atoms with Gasteiger partial charge in [-0.1, -0.05) is 20.8 Å². The highest BCUT2D eigenvalue weighted by molar-refractivity contribution is 5.92. The van der Waals surface area contributed by atoms with Crippen LogP contribution in [0.25, 0.3) is 0 Å². The van der Waals surface area contributed by atoms with Crippen molar-refractivity contribution in [3.8, 4) is 0 Å². The van der Waals surface area contributed by atoms with Gasteiger partial charge in [0.2, 0.25) is 5.91 Å². The molecule has 0 radical (unpaired) electrons. The Morgan fingerprint density at radius 2 is 1.91 bits per heavy atom. The van der Waals surface area contributed by atoms with Gasteiger partial charge in [-0.2, -0.15) is 0 Å². The van der Waals surface area contributed by atoms with Gasteiger partial charge >= 0.3 is 0 Å². The summed E-state index contributed by atoms with van der Waals surface area (Å²) in [6.07, 6.45) is 14.6. The van der Waals surface area contributed by atoms with Gasteiger partial charge in [-0.25, -0.2) is 0 Å². The summed E-state index contributed by atoms with van der Waals surface area (Å²) in [5.74, 6) is 3.99. The summed E-state index contributed by atoms with van der Waals surface area (Å²) in [5, 5.41) is 3.15. The van der Waals surface area contributed by atoms with E-state index in [0.29, 0.717) is 22.9 Å². The summed E-state index contributed by atoms with van der Waals surface area (Å²) >= 11 is 0. The quantitative estimate of drug-likeness (QED) is 0.635. The number of hydrogen-bond acceptors (Lipinski definition) is 3. The summed E-state index contributed by atoms with van der Waals surface area (Å²) in [6, 6.07) is 3.76. The van der Waals surface area contributed by atoms with Crippen LogP contribution in [0.1, 0.15) is 72.1 Å². The fourth-order valence-electron chi connectivity index (χ4n) is 10.3. The Hall–Kier alpha value is -1.42. The smallest absolute Gasteiger partial charge is 0.227 e. The third-order valence-corrected chi connectivity index (χ3v) is 11.9. The fourth-order valence-corrected chi connectivity index (χ4v) is 10.3. The first-order valence-electron chi connectivity index (χ1n) is 13.1. The monoisotopic (exact) mass is 436 g/mol. The SMILES string of the molecule is COC1C[C@H]2[C@@H]3CC[C@H]([C@H](C)C(=O)Nc4ccncc4)[C@@]3(C)CC[C@@H]2[C@@]2(C)CC[C@@H]3C[C@@]132. The lowest BCUT2D eigenvalue weighted by molar-refractivity contribution is -0.161. The molecular weight excluding hydrogens is 396 g/mol. The number of nitrogens with zero attached hydrogens (tertiary/aromatic N) is 1. The van der Waals surface area contributed by atoms with E-state index in [4.69, 9.17) is 4.74 Å². The van der Waals surface area contributed by atoms with E-state index in [9.17, 15) is 4.79 Å². The number of nitrogens with one attached hydrogen (secondary N) is 1. The predicted octanol–water partition coefficient (Wildman–Crippen LogP) is 5.94. The second-order valence-electron chi connectivity index (χ2n) is 12.5. The number of amides is 1. The number of anilines is 1. The van der Waals surface area contributed by atoms with Crippen molar-refractivity contribution in [3.05, 3.63) is 24.5 Å². The number of carbonyl (C=O) groups is 1. The first-order valence-corrected chi connectivity index (χ1v) is 13.1. The standard InChI is InChI=1S/C28H40N2O2/c1-17(25(31)30-19-9-13-29-14-10-19)21-5-6-22-20-15-24(32-4)28-16-18(28)7-12-27(28,3)23(20)8-11-26(21,22)2/h9-10,13-14,17-18,20-24H,5-8,11-12,15-16H2,1-4H3,(H,29,30,31)/t17-,18+,20-,21+,22-,23-,24?,26+,27+,28-/m0/s1. The van der Waals surface area contributed by atoms with Crippen LogP contribution in [0.4, 0.5) is 5.69 Å². The normalized spacial score (nSPS) is 49.4. The number of carbonyl (C=O) groups excluding carboxylic acids is 1. The highest BCUT2D eigenvalue weighted by Gasteiger charge is 2.77. The zero-order valence-electron chi connectivity index (χ0n) is 20.3. The first-order chi connectivity index (χ1) is 15.3. The second-order valence-corrected chi connectivity index (χ2v) is 12.5. The molecule has 1 aromatic heterocycles. The number of aromatic nitrogens is 1. The van der Waals surface area contributed by atoms with E-state index >= 15 is 0 Å². The summed E-state index contributed by atoms with van der Waals surface area (Å²) in [6.45, 7) is 7.34. The number of pyridine rings is 1. The van der Waals surface area contributed by atoms with Crippen LogP contribution in [-0.2, 0) is 9.53 Å². The fraction of sp³-hybridized carbons (Fsp3) is 0.786. The number of fused-ring (bicyclic) bond motifs is 4. The van der Waals surface area contributed by atoms with Crippen molar-refractivity contribution in [2.24, 2.45) is 51.8 Å². The van der Waals surface area contributed by atoms with Crippen molar-refractivity contribution >= 4 is 11.6 Å². The molecule has 4 heteroatoms. The van der Waals surface area contributed by atoms with Crippen LogP contribution < -0.4 is 5.32 Å². The van der Waals surface area contributed by atoms with Crippen LogP contribution in [0.15, 0.2) is 24.5 Å². The largest absolute Gasteiger partial charge is 0.381 e. The van der Waals surface area contributed by atoms with E-state index in [0.717, 1.165) is 29.4 Å². The van der Waals surface area contributed by atoms with Crippen LogP contribution in [0.5, 0.6) is 0 Å². The minimum Gasteiger partial charge on any atom is -0.381 e. The molecule has 1 unspecified atom stereocenters. The molecule has 10 atom stereocenters. The van der Waals surface area contributed by atoms with Crippen LogP contribution in [-0.4, -0.2) is 24.1 Å². The summed E-state index contributed by atoms with van der Waals surface area (Å²) < 4.78 is 6.26. The third-order valence-electron chi connectivity index (χ3n) is 11.9. The number of methoxy groups -OCH3 is 1. The van der Waals surface area contributed by atoms with Crippen LogP contribution in [0, 0.1) is 51.8 Å². The lowest BCUT2D eigenvalue weighted by atomic mass is 9.45. The van der Waals surface area contributed by atoms with E-state index in [1.807, 2.05) is 19.2 Å². The first kappa shape index (κ1) is 21.1. The Kier molecular flexibility index (Phi) is 4.65. The molecule has 6 rings (SSSR count). The van der Waals surface area contributed by atoms with Gasteiger partial charge < -0.3 is 10.1 Å². The number of rotatable bonds is 4. The molecule has 0 bridgehead atoms. The van der Waals surface area contributed by atoms with E-state index in [1.54, 1.807) is 12.4 Å².